The molecule has 0 aliphatic rings. The summed E-state index contributed by atoms with van der Waals surface area (Å²) in [5.41, 5.74) is 0.171. The third-order valence-corrected chi connectivity index (χ3v) is 2.73. The Labute approximate surface area is 133 Å². The number of rotatable bonds is 7. The van der Waals surface area contributed by atoms with E-state index >= 15 is 0 Å². The lowest BCUT2D eigenvalue weighted by Crippen LogP contribution is -2.24. The van der Waals surface area contributed by atoms with Crippen molar-refractivity contribution in [2.45, 2.75) is 6.92 Å². The van der Waals surface area contributed by atoms with Crippen LogP contribution < -0.4 is 14.8 Å². The predicted molar refractivity (Wildman–Crippen MR) is 83.1 cm³/mol. The maximum absolute atomic E-state index is 11.1. The molecule has 0 fully saturated rings. The van der Waals surface area contributed by atoms with Gasteiger partial charge in [-0.05, 0) is 23.8 Å². The van der Waals surface area contributed by atoms with Crippen LogP contribution >= 0.6 is 11.6 Å². The van der Waals surface area contributed by atoms with Crippen LogP contribution in [0, 0.1) is 0 Å². The highest BCUT2D eigenvalue weighted by Gasteiger charge is 2.14. The molecule has 2 N–H and O–H groups in total. The fraction of sp³-hybridized carbons (Fsp3) is 0.200. The van der Waals surface area contributed by atoms with Crippen LogP contribution in [-0.4, -0.2) is 30.7 Å². The number of carboxylic acids is 1. The van der Waals surface area contributed by atoms with E-state index in [-0.39, 0.29) is 17.3 Å². The van der Waals surface area contributed by atoms with Crippen LogP contribution in [-0.2, 0) is 9.59 Å². The number of carboxylic acid groups (broad SMARTS) is 1. The van der Waals surface area contributed by atoms with Gasteiger partial charge >= 0.3 is 5.97 Å². The van der Waals surface area contributed by atoms with Crippen LogP contribution in [0.1, 0.15) is 12.5 Å². The molecule has 1 aromatic rings. The van der Waals surface area contributed by atoms with Crippen LogP contribution in [0.25, 0.3) is 6.08 Å². The molecule has 0 aromatic heterocycles. The topological polar surface area (TPSA) is 84.9 Å². The van der Waals surface area contributed by atoms with Crippen LogP contribution in [0.3, 0.4) is 0 Å². The molecule has 0 spiro atoms. The Bertz CT molecular complexity index is 625. The second kappa shape index (κ2) is 8.09. The molecule has 1 amide bonds. The molecule has 0 aliphatic heterocycles. The summed E-state index contributed by atoms with van der Waals surface area (Å²) in [7, 11) is 1.44. The van der Waals surface area contributed by atoms with Gasteiger partial charge in [-0.25, -0.2) is 4.79 Å². The number of carbonyl (C=O) groups is 2. The van der Waals surface area contributed by atoms with Gasteiger partial charge in [-0.1, -0.05) is 24.3 Å². The molecule has 1 rings (SSSR count). The summed E-state index contributed by atoms with van der Waals surface area (Å²) >= 11 is 6.11. The molecule has 0 saturated heterocycles. The molecule has 0 unspecified atom stereocenters. The SMILES string of the molecule is C=CCOc1c(Cl)cc(/C=C(/NC(C)=O)C(=O)O)cc1OC. The maximum Gasteiger partial charge on any atom is 0.352 e. The third-order valence-electron chi connectivity index (χ3n) is 2.45. The summed E-state index contributed by atoms with van der Waals surface area (Å²) < 4.78 is 10.6. The Balaban J connectivity index is 3.25. The average molecular weight is 326 g/mol. The van der Waals surface area contributed by atoms with E-state index < -0.39 is 11.9 Å². The molecule has 7 heteroatoms. The van der Waals surface area contributed by atoms with Crippen molar-refractivity contribution in [1.82, 2.24) is 5.32 Å². The van der Waals surface area contributed by atoms with Crippen molar-refractivity contribution < 1.29 is 24.2 Å². The van der Waals surface area contributed by atoms with Crippen LogP contribution in [0.5, 0.6) is 11.5 Å². The molecule has 0 atom stereocenters. The van der Waals surface area contributed by atoms with Gasteiger partial charge in [0.2, 0.25) is 5.91 Å². The fourth-order valence-electron chi connectivity index (χ4n) is 1.61. The molecule has 0 aliphatic carbocycles. The number of amides is 1. The van der Waals surface area contributed by atoms with Gasteiger partial charge in [0.15, 0.2) is 11.5 Å². The molecule has 0 radical (unpaired) electrons. The number of ether oxygens (including phenoxy) is 2. The number of hydrogen-bond donors (Lipinski definition) is 2. The first-order valence-electron chi connectivity index (χ1n) is 6.22. The molecular weight excluding hydrogens is 310 g/mol. The molecule has 0 saturated carbocycles. The molecule has 22 heavy (non-hydrogen) atoms. The standard InChI is InChI=1S/C15H16ClNO5/c1-4-5-22-14-11(16)6-10(8-13(14)21-3)7-12(15(19)20)17-9(2)18/h4,6-8H,1,5H2,2-3H3,(H,17,18)(H,19,20)/b12-7+. The Morgan fingerprint density at radius 3 is 2.64 bits per heavy atom. The summed E-state index contributed by atoms with van der Waals surface area (Å²) in [6, 6.07) is 3.06. The largest absolute Gasteiger partial charge is 0.493 e. The van der Waals surface area contributed by atoms with Gasteiger partial charge in [-0.3, -0.25) is 4.79 Å². The van der Waals surface area contributed by atoms with Gasteiger partial charge < -0.3 is 19.9 Å². The van der Waals surface area contributed by atoms with E-state index in [9.17, 15) is 9.59 Å². The van der Waals surface area contributed by atoms with E-state index in [0.717, 1.165) is 0 Å². The van der Waals surface area contributed by atoms with Gasteiger partial charge in [0.1, 0.15) is 12.3 Å². The highest BCUT2D eigenvalue weighted by Crippen LogP contribution is 2.36. The second-order valence-corrected chi connectivity index (χ2v) is 4.59. The number of carbonyl (C=O) groups excluding carboxylic acids is 1. The second-order valence-electron chi connectivity index (χ2n) is 4.18. The van der Waals surface area contributed by atoms with Crippen LogP contribution in [0.15, 0.2) is 30.5 Å². The molecule has 0 bridgehead atoms. The lowest BCUT2D eigenvalue weighted by atomic mass is 10.1. The monoisotopic (exact) mass is 325 g/mol. The molecule has 6 nitrogen and oxygen atoms in total. The van der Waals surface area contributed by atoms with E-state index in [1.807, 2.05) is 0 Å². The number of aliphatic carboxylic acids is 1. The van der Waals surface area contributed by atoms with Gasteiger partial charge in [0.05, 0.1) is 12.1 Å². The Kier molecular flexibility index (Phi) is 6.47. The first-order chi connectivity index (χ1) is 10.4. The van der Waals surface area contributed by atoms with Crippen LogP contribution in [0.4, 0.5) is 0 Å². The molecular formula is C15H16ClNO5. The van der Waals surface area contributed by atoms with Crippen molar-refractivity contribution in [3.05, 3.63) is 41.1 Å². The van der Waals surface area contributed by atoms with Crippen molar-refractivity contribution in [3.63, 3.8) is 0 Å². The Hall–Kier alpha value is -2.47. The third kappa shape index (κ3) is 4.82. The predicted octanol–water partition coefficient (Wildman–Crippen LogP) is 2.47. The number of hydrogen-bond acceptors (Lipinski definition) is 4. The minimum Gasteiger partial charge on any atom is -0.493 e. The number of nitrogens with one attached hydrogen (secondary N) is 1. The van der Waals surface area contributed by atoms with Gasteiger partial charge in [0.25, 0.3) is 0 Å². The lowest BCUT2D eigenvalue weighted by molar-refractivity contribution is -0.134. The normalized spacial score (nSPS) is 10.8. The minimum absolute atomic E-state index is 0.248. The molecule has 0 heterocycles. The minimum atomic E-state index is -1.27. The number of halogens is 1. The van der Waals surface area contributed by atoms with Crippen LogP contribution in [0.2, 0.25) is 5.02 Å². The zero-order valence-electron chi connectivity index (χ0n) is 12.2. The quantitative estimate of drug-likeness (QED) is 0.594. The average Bonchev–Trinajstić information content (AvgIpc) is 2.44. The van der Waals surface area contributed by atoms with Crippen molar-refractivity contribution in [2.24, 2.45) is 0 Å². The fourth-order valence-corrected chi connectivity index (χ4v) is 1.89. The molecule has 118 valence electrons. The lowest BCUT2D eigenvalue weighted by Gasteiger charge is -2.12. The summed E-state index contributed by atoms with van der Waals surface area (Å²) in [6.45, 7) is 5.01. The van der Waals surface area contributed by atoms with E-state index in [4.69, 9.17) is 26.2 Å². The zero-order chi connectivity index (χ0) is 16.7. The summed E-state index contributed by atoms with van der Waals surface area (Å²) in [4.78, 5) is 22.1. The van der Waals surface area contributed by atoms with Crippen molar-refractivity contribution in [1.29, 1.82) is 0 Å². The maximum atomic E-state index is 11.1. The summed E-state index contributed by atoms with van der Waals surface area (Å²) in [6.07, 6.45) is 2.83. The Morgan fingerprint density at radius 1 is 1.45 bits per heavy atom. The smallest absolute Gasteiger partial charge is 0.352 e. The molecule has 1 aromatic carbocycles. The number of methoxy groups -OCH3 is 1. The summed E-state index contributed by atoms with van der Waals surface area (Å²) in [5, 5.41) is 11.5. The summed E-state index contributed by atoms with van der Waals surface area (Å²) in [5.74, 6) is -1.08. The van der Waals surface area contributed by atoms with Crippen molar-refractivity contribution in [3.8, 4) is 11.5 Å². The van der Waals surface area contributed by atoms with Crippen molar-refractivity contribution >= 4 is 29.6 Å². The highest BCUT2D eigenvalue weighted by atomic mass is 35.5. The van der Waals surface area contributed by atoms with Crippen molar-refractivity contribution in [2.75, 3.05) is 13.7 Å². The highest BCUT2D eigenvalue weighted by molar-refractivity contribution is 6.32. The first-order valence-corrected chi connectivity index (χ1v) is 6.60. The Morgan fingerprint density at radius 2 is 2.14 bits per heavy atom. The van der Waals surface area contributed by atoms with E-state index in [2.05, 4.69) is 11.9 Å². The van der Waals surface area contributed by atoms with E-state index in [1.54, 1.807) is 12.1 Å². The zero-order valence-corrected chi connectivity index (χ0v) is 12.9. The number of benzene rings is 1. The van der Waals surface area contributed by atoms with Gasteiger partial charge in [-0.15, -0.1) is 0 Å². The van der Waals surface area contributed by atoms with Gasteiger partial charge in [0, 0.05) is 6.92 Å². The van der Waals surface area contributed by atoms with E-state index in [1.165, 1.54) is 26.2 Å². The van der Waals surface area contributed by atoms with Gasteiger partial charge in [-0.2, -0.15) is 0 Å². The first kappa shape index (κ1) is 17.6. The van der Waals surface area contributed by atoms with E-state index in [0.29, 0.717) is 17.1 Å².